The summed E-state index contributed by atoms with van der Waals surface area (Å²) in [5, 5.41) is 14.1. The van der Waals surface area contributed by atoms with Crippen LogP contribution in [0.25, 0.3) is 0 Å². The van der Waals surface area contributed by atoms with Gasteiger partial charge >= 0.3 is 0 Å². The number of rotatable bonds is 5. The molecule has 0 fully saturated rings. The third-order valence-corrected chi connectivity index (χ3v) is 3.58. The molecule has 1 aliphatic heterocycles. The molecule has 0 aliphatic carbocycles. The zero-order chi connectivity index (χ0) is 15.4. The molecule has 1 aromatic heterocycles. The number of carbonyl (C=O) groups is 2. The highest BCUT2D eigenvalue weighted by molar-refractivity contribution is 5.78. The van der Waals surface area contributed by atoms with Gasteiger partial charge in [-0.1, -0.05) is 13.8 Å². The minimum atomic E-state index is -0.115. The molecule has 1 atom stereocenters. The lowest BCUT2D eigenvalue weighted by Gasteiger charge is -2.26. The summed E-state index contributed by atoms with van der Waals surface area (Å²) in [5.41, 5.74) is 0. The molecule has 2 rings (SSSR count). The monoisotopic (exact) mass is 293 g/mol. The van der Waals surface area contributed by atoms with Crippen LogP contribution in [0.3, 0.4) is 0 Å². The third-order valence-electron chi connectivity index (χ3n) is 3.58. The molecule has 0 aromatic carbocycles. The van der Waals surface area contributed by atoms with Crippen LogP contribution in [-0.2, 0) is 22.6 Å². The highest BCUT2D eigenvalue weighted by Crippen LogP contribution is 2.20. The van der Waals surface area contributed by atoms with Gasteiger partial charge in [-0.3, -0.25) is 9.59 Å². The summed E-state index contributed by atoms with van der Waals surface area (Å²) < 4.78 is 2.12. The molecule has 0 bridgehead atoms. The maximum atomic E-state index is 11.9. The van der Waals surface area contributed by atoms with Gasteiger partial charge in [0.2, 0.25) is 11.8 Å². The van der Waals surface area contributed by atoms with Crippen LogP contribution in [0.5, 0.6) is 0 Å². The number of amides is 2. The molecule has 2 amide bonds. The highest BCUT2D eigenvalue weighted by Gasteiger charge is 2.24. The van der Waals surface area contributed by atoms with E-state index in [0.717, 1.165) is 31.0 Å². The standard InChI is InChI=1S/C14H23N5O2/c1-9(2)14-18-17-12-5-4-11(8-19(12)14)16-13(21)6-7-15-10(3)20/h9,11H,4-8H2,1-3H3,(H,15,20)(H,16,21)/t11-/m0/s1. The van der Waals surface area contributed by atoms with Crippen LogP contribution < -0.4 is 10.6 Å². The van der Waals surface area contributed by atoms with Crippen molar-refractivity contribution in [1.29, 1.82) is 0 Å². The van der Waals surface area contributed by atoms with Crippen LogP contribution >= 0.6 is 0 Å². The van der Waals surface area contributed by atoms with Crippen molar-refractivity contribution in [2.45, 2.75) is 58.5 Å². The summed E-state index contributed by atoms with van der Waals surface area (Å²) in [7, 11) is 0. The number of aryl methyl sites for hydroxylation is 1. The summed E-state index contributed by atoms with van der Waals surface area (Å²) in [4.78, 5) is 22.6. The van der Waals surface area contributed by atoms with E-state index >= 15 is 0 Å². The normalized spacial score (nSPS) is 17.4. The van der Waals surface area contributed by atoms with Crippen LogP contribution in [0.2, 0.25) is 0 Å². The van der Waals surface area contributed by atoms with E-state index in [4.69, 9.17) is 0 Å². The lowest BCUT2D eigenvalue weighted by atomic mass is 10.1. The second-order valence-corrected chi connectivity index (χ2v) is 5.78. The minimum absolute atomic E-state index is 0.0311. The summed E-state index contributed by atoms with van der Waals surface area (Å²) in [5.74, 6) is 2.15. The molecule has 0 saturated heterocycles. The molecule has 2 N–H and O–H groups in total. The number of aromatic nitrogens is 3. The number of hydrogen-bond acceptors (Lipinski definition) is 4. The molecule has 21 heavy (non-hydrogen) atoms. The maximum Gasteiger partial charge on any atom is 0.222 e. The second-order valence-electron chi connectivity index (χ2n) is 5.78. The zero-order valence-electron chi connectivity index (χ0n) is 12.8. The van der Waals surface area contributed by atoms with Crippen LogP contribution in [-0.4, -0.2) is 39.2 Å². The lowest BCUT2D eigenvalue weighted by Crippen LogP contribution is -2.42. The molecular formula is C14H23N5O2. The average Bonchev–Trinajstić information content (AvgIpc) is 2.81. The van der Waals surface area contributed by atoms with Crippen molar-refractivity contribution >= 4 is 11.8 Å². The Morgan fingerprint density at radius 1 is 1.38 bits per heavy atom. The van der Waals surface area contributed by atoms with E-state index < -0.39 is 0 Å². The highest BCUT2D eigenvalue weighted by atomic mass is 16.2. The van der Waals surface area contributed by atoms with E-state index in [2.05, 4.69) is 39.2 Å². The maximum absolute atomic E-state index is 11.9. The SMILES string of the molecule is CC(=O)NCCC(=O)N[C@H]1CCc2nnc(C(C)C)n2C1. The first-order valence-electron chi connectivity index (χ1n) is 7.43. The Bertz CT molecular complexity index is 523. The Hall–Kier alpha value is -1.92. The van der Waals surface area contributed by atoms with Gasteiger partial charge in [-0.25, -0.2) is 0 Å². The molecule has 1 aliphatic rings. The first kappa shape index (κ1) is 15.5. The molecule has 7 nitrogen and oxygen atoms in total. The summed E-state index contributed by atoms with van der Waals surface area (Å²) >= 11 is 0. The van der Waals surface area contributed by atoms with Gasteiger partial charge in [0.25, 0.3) is 0 Å². The van der Waals surface area contributed by atoms with Gasteiger partial charge in [0, 0.05) is 44.8 Å². The van der Waals surface area contributed by atoms with E-state index in [1.54, 1.807) is 0 Å². The Morgan fingerprint density at radius 2 is 2.14 bits per heavy atom. The molecular weight excluding hydrogens is 270 g/mol. The largest absolute Gasteiger partial charge is 0.356 e. The molecule has 116 valence electrons. The van der Waals surface area contributed by atoms with Gasteiger partial charge in [-0.15, -0.1) is 10.2 Å². The fraction of sp³-hybridized carbons (Fsp3) is 0.714. The van der Waals surface area contributed by atoms with Crippen LogP contribution in [0.4, 0.5) is 0 Å². The molecule has 7 heteroatoms. The van der Waals surface area contributed by atoms with Crippen molar-refractivity contribution in [3.8, 4) is 0 Å². The van der Waals surface area contributed by atoms with Crippen molar-refractivity contribution < 1.29 is 9.59 Å². The van der Waals surface area contributed by atoms with E-state index in [-0.39, 0.29) is 17.9 Å². The Labute approximate surface area is 124 Å². The lowest BCUT2D eigenvalue weighted by molar-refractivity contribution is -0.122. The fourth-order valence-corrected chi connectivity index (χ4v) is 2.54. The quantitative estimate of drug-likeness (QED) is 0.820. The summed E-state index contributed by atoms with van der Waals surface area (Å²) in [6.45, 7) is 6.73. The van der Waals surface area contributed by atoms with E-state index in [9.17, 15) is 9.59 Å². The summed E-state index contributed by atoms with van der Waals surface area (Å²) in [6.07, 6.45) is 2.01. The molecule has 0 spiro atoms. The third kappa shape index (κ3) is 4.03. The molecule has 0 unspecified atom stereocenters. The number of nitrogens with one attached hydrogen (secondary N) is 2. The Morgan fingerprint density at radius 3 is 2.81 bits per heavy atom. The molecule has 2 heterocycles. The Balaban J connectivity index is 1.87. The number of fused-ring (bicyclic) bond motifs is 1. The van der Waals surface area contributed by atoms with Crippen LogP contribution in [0.15, 0.2) is 0 Å². The Kier molecular flexibility index (Phi) is 4.93. The first-order chi connectivity index (χ1) is 9.97. The molecule has 1 aromatic rings. The minimum Gasteiger partial charge on any atom is -0.356 e. The van der Waals surface area contributed by atoms with Gasteiger partial charge < -0.3 is 15.2 Å². The van der Waals surface area contributed by atoms with E-state index in [1.807, 2.05) is 0 Å². The number of carbonyl (C=O) groups excluding carboxylic acids is 2. The summed E-state index contributed by atoms with van der Waals surface area (Å²) in [6, 6.07) is 0.107. The van der Waals surface area contributed by atoms with Crippen molar-refractivity contribution in [3.05, 3.63) is 11.6 Å². The van der Waals surface area contributed by atoms with Crippen LogP contribution in [0, 0.1) is 0 Å². The topological polar surface area (TPSA) is 88.9 Å². The molecule has 0 saturated carbocycles. The van der Waals surface area contributed by atoms with Crippen molar-refractivity contribution in [1.82, 2.24) is 25.4 Å². The van der Waals surface area contributed by atoms with Crippen molar-refractivity contribution in [2.75, 3.05) is 6.54 Å². The van der Waals surface area contributed by atoms with Gasteiger partial charge in [0.05, 0.1) is 0 Å². The van der Waals surface area contributed by atoms with Crippen LogP contribution in [0.1, 0.15) is 51.2 Å². The predicted molar refractivity (Wildman–Crippen MR) is 77.7 cm³/mol. The van der Waals surface area contributed by atoms with E-state index in [0.29, 0.717) is 18.9 Å². The zero-order valence-corrected chi connectivity index (χ0v) is 12.8. The van der Waals surface area contributed by atoms with Crippen molar-refractivity contribution in [3.63, 3.8) is 0 Å². The smallest absolute Gasteiger partial charge is 0.222 e. The van der Waals surface area contributed by atoms with Crippen molar-refractivity contribution in [2.24, 2.45) is 0 Å². The van der Waals surface area contributed by atoms with Gasteiger partial charge in [-0.05, 0) is 6.42 Å². The fourth-order valence-electron chi connectivity index (χ4n) is 2.54. The molecule has 0 radical (unpaired) electrons. The van der Waals surface area contributed by atoms with E-state index in [1.165, 1.54) is 6.92 Å². The number of hydrogen-bond donors (Lipinski definition) is 2. The predicted octanol–water partition coefficient (Wildman–Crippen LogP) is 0.359. The van der Waals surface area contributed by atoms with Gasteiger partial charge in [0.15, 0.2) is 0 Å². The van der Waals surface area contributed by atoms with Gasteiger partial charge in [-0.2, -0.15) is 0 Å². The first-order valence-corrected chi connectivity index (χ1v) is 7.43. The second kappa shape index (κ2) is 6.69. The van der Waals surface area contributed by atoms with Gasteiger partial charge in [0.1, 0.15) is 11.6 Å². The number of nitrogens with zero attached hydrogens (tertiary/aromatic N) is 3. The average molecular weight is 293 g/mol.